The maximum atomic E-state index is 13.2. The summed E-state index contributed by atoms with van der Waals surface area (Å²) in [5, 5.41) is 13.2. The molecule has 1 amide bonds. The first kappa shape index (κ1) is 14.5. The van der Waals surface area contributed by atoms with Gasteiger partial charge in [-0.3, -0.25) is 14.9 Å². The number of nitro benzene ring substituents is 1. The molecule has 0 fully saturated rings. The highest BCUT2D eigenvalue weighted by Gasteiger charge is 2.17. The molecule has 21 heavy (non-hydrogen) atoms. The molecule has 0 atom stereocenters. The van der Waals surface area contributed by atoms with Gasteiger partial charge in [-0.15, -0.1) is 0 Å². The van der Waals surface area contributed by atoms with Gasteiger partial charge >= 0.3 is 5.69 Å². The van der Waals surface area contributed by atoms with Crippen LogP contribution in [0.1, 0.15) is 21.9 Å². The van der Waals surface area contributed by atoms with Crippen LogP contribution in [0, 0.1) is 22.9 Å². The highest BCUT2D eigenvalue weighted by atomic mass is 19.1. The summed E-state index contributed by atoms with van der Waals surface area (Å²) in [5.74, 6) is -0.962. The van der Waals surface area contributed by atoms with Gasteiger partial charge in [-0.05, 0) is 25.1 Å². The van der Waals surface area contributed by atoms with Crippen LogP contribution >= 0.6 is 0 Å². The fourth-order valence-electron chi connectivity index (χ4n) is 1.67. The zero-order valence-corrected chi connectivity index (χ0v) is 11.0. The Morgan fingerprint density at radius 3 is 2.86 bits per heavy atom. The number of halogens is 1. The Balaban J connectivity index is 2.10. The molecule has 0 saturated carbocycles. The summed E-state index contributed by atoms with van der Waals surface area (Å²) < 4.78 is 13.2. The molecule has 0 bridgehead atoms. The fourth-order valence-corrected chi connectivity index (χ4v) is 1.67. The predicted molar refractivity (Wildman–Crippen MR) is 71.0 cm³/mol. The lowest BCUT2D eigenvalue weighted by Crippen LogP contribution is -2.23. The molecule has 1 heterocycles. The SMILES string of the molecule is Cc1nccc(CNC(=O)c2ccc(F)c([N+](=O)[O-])c2)n1. The third-order valence-corrected chi connectivity index (χ3v) is 2.67. The number of carbonyl (C=O) groups is 1. The van der Waals surface area contributed by atoms with E-state index in [0.29, 0.717) is 11.5 Å². The minimum atomic E-state index is -0.983. The van der Waals surface area contributed by atoms with Crippen molar-refractivity contribution in [2.75, 3.05) is 0 Å². The van der Waals surface area contributed by atoms with Crippen molar-refractivity contribution in [2.24, 2.45) is 0 Å². The second-order valence-electron chi connectivity index (χ2n) is 4.20. The van der Waals surface area contributed by atoms with Crippen molar-refractivity contribution in [3.05, 3.63) is 63.5 Å². The fraction of sp³-hybridized carbons (Fsp3) is 0.154. The van der Waals surface area contributed by atoms with E-state index in [1.165, 1.54) is 6.07 Å². The first-order chi connectivity index (χ1) is 9.97. The van der Waals surface area contributed by atoms with E-state index in [4.69, 9.17) is 0 Å². The van der Waals surface area contributed by atoms with Crippen molar-refractivity contribution in [1.29, 1.82) is 0 Å². The van der Waals surface area contributed by atoms with Gasteiger partial charge in [0.25, 0.3) is 5.91 Å². The number of hydrogen-bond acceptors (Lipinski definition) is 5. The number of aromatic nitrogens is 2. The lowest BCUT2D eigenvalue weighted by molar-refractivity contribution is -0.387. The largest absolute Gasteiger partial charge is 0.346 e. The van der Waals surface area contributed by atoms with Gasteiger partial charge in [0.1, 0.15) is 5.82 Å². The number of amides is 1. The summed E-state index contributed by atoms with van der Waals surface area (Å²) >= 11 is 0. The monoisotopic (exact) mass is 290 g/mol. The van der Waals surface area contributed by atoms with E-state index in [-0.39, 0.29) is 12.1 Å². The van der Waals surface area contributed by atoms with Gasteiger partial charge in [0, 0.05) is 17.8 Å². The quantitative estimate of drug-likeness (QED) is 0.683. The van der Waals surface area contributed by atoms with Crippen LogP contribution in [0.2, 0.25) is 0 Å². The number of aryl methyl sites for hydroxylation is 1. The maximum Gasteiger partial charge on any atom is 0.305 e. The Morgan fingerprint density at radius 1 is 1.43 bits per heavy atom. The molecule has 2 rings (SSSR count). The number of rotatable bonds is 4. The van der Waals surface area contributed by atoms with Crippen molar-refractivity contribution in [3.8, 4) is 0 Å². The van der Waals surface area contributed by atoms with Crippen molar-refractivity contribution >= 4 is 11.6 Å². The molecule has 0 radical (unpaired) electrons. The molecule has 1 N–H and O–H groups in total. The van der Waals surface area contributed by atoms with E-state index in [9.17, 15) is 19.3 Å². The van der Waals surface area contributed by atoms with Crippen LogP contribution in [0.5, 0.6) is 0 Å². The third-order valence-electron chi connectivity index (χ3n) is 2.67. The Labute approximate surface area is 119 Å². The molecule has 0 saturated heterocycles. The molecule has 0 spiro atoms. The van der Waals surface area contributed by atoms with E-state index < -0.39 is 22.3 Å². The topological polar surface area (TPSA) is 98.0 Å². The number of benzene rings is 1. The minimum absolute atomic E-state index is 0.00822. The molecule has 108 valence electrons. The van der Waals surface area contributed by atoms with Crippen molar-refractivity contribution < 1.29 is 14.1 Å². The maximum absolute atomic E-state index is 13.2. The number of nitro groups is 1. The molecular formula is C13H11FN4O3. The number of nitrogens with zero attached hydrogens (tertiary/aromatic N) is 3. The van der Waals surface area contributed by atoms with E-state index in [2.05, 4.69) is 15.3 Å². The summed E-state index contributed by atoms with van der Waals surface area (Å²) in [5.41, 5.74) is -0.123. The summed E-state index contributed by atoms with van der Waals surface area (Å²) in [6, 6.07) is 4.61. The molecule has 0 aliphatic rings. The lowest BCUT2D eigenvalue weighted by atomic mass is 10.2. The second-order valence-corrected chi connectivity index (χ2v) is 4.20. The minimum Gasteiger partial charge on any atom is -0.346 e. The zero-order chi connectivity index (χ0) is 15.4. The van der Waals surface area contributed by atoms with Crippen molar-refractivity contribution in [2.45, 2.75) is 13.5 Å². The summed E-state index contributed by atoms with van der Waals surface area (Å²) in [4.78, 5) is 29.7. The summed E-state index contributed by atoms with van der Waals surface area (Å²) in [6.45, 7) is 1.86. The Hall–Kier alpha value is -2.90. The standard InChI is InChI=1S/C13H11FN4O3/c1-8-15-5-4-10(17-8)7-16-13(19)9-2-3-11(14)12(6-9)18(20)21/h2-6H,7H2,1H3,(H,16,19). The first-order valence-corrected chi connectivity index (χ1v) is 5.98. The Bertz CT molecular complexity index is 706. The smallest absolute Gasteiger partial charge is 0.305 e. The van der Waals surface area contributed by atoms with Crippen LogP contribution in [-0.2, 0) is 6.54 Å². The van der Waals surface area contributed by atoms with Gasteiger partial charge in [-0.25, -0.2) is 9.97 Å². The van der Waals surface area contributed by atoms with Gasteiger partial charge in [0.15, 0.2) is 0 Å². The predicted octanol–water partition coefficient (Wildman–Crippen LogP) is 1.76. The van der Waals surface area contributed by atoms with Crippen LogP contribution in [-0.4, -0.2) is 20.8 Å². The number of hydrogen-bond donors (Lipinski definition) is 1. The van der Waals surface area contributed by atoms with Crippen LogP contribution in [0.15, 0.2) is 30.5 Å². The average Bonchev–Trinajstić information content (AvgIpc) is 2.45. The summed E-state index contributed by atoms with van der Waals surface area (Å²) in [6.07, 6.45) is 1.56. The highest BCUT2D eigenvalue weighted by Crippen LogP contribution is 2.18. The van der Waals surface area contributed by atoms with Crippen LogP contribution in [0.4, 0.5) is 10.1 Å². The van der Waals surface area contributed by atoms with Crippen LogP contribution < -0.4 is 5.32 Å². The van der Waals surface area contributed by atoms with Gasteiger partial charge in [0.2, 0.25) is 5.82 Å². The Kier molecular flexibility index (Phi) is 4.17. The van der Waals surface area contributed by atoms with Gasteiger partial charge in [0.05, 0.1) is 17.2 Å². The van der Waals surface area contributed by atoms with E-state index in [1.807, 2.05) is 0 Å². The number of nitrogens with one attached hydrogen (secondary N) is 1. The lowest BCUT2D eigenvalue weighted by Gasteiger charge is -2.05. The first-order valence-electron chi connectivity index (χ1n) is 5.98. The van der Waals surface area contributed by atoms with Crippen molar-refractivity contribution in [1.82, 2.24) is 15.3 Å². The number of carbonyl (C=O) groups excluding carboxylic acids is 1. The molecular weight excluding hydrogens is 279 g/mol. The van der Waals surface area contributed by atoms with Gasteiger partial charge in [-0.2, -0.15) is 4.39 Å². The van der Waals surface area contributed by atoms with Gasteiger partial charge < -0.3 is 5.32 Å². The van der Waals surface area contributed by atoms with E-state index in [1.54, 1.807) is 19.2 Å². The Morgan fingerprint density at radius 2 is 2.19 bits per heavy atom. The van der Waals surface area contributed by atoms with Gasteiger partial charge in [-0.1, -0.05) is 0 Å². The average molecular weight is 290 g/mol. The highest BCUT2D eigenvalue weighted by molar-refractivity contribution is 5.94. The van der Waals surface area contributed by atoms with Crippen molar-refractivity contribution in [3.63, 3.8) is 0 Å². The van der Waals surface area contributed by atoms with Crippen LogP contribution in [0.25, 0.3) is 0 Å². The second kappa shape index (κ2) is 6.04. The summed E-state index contributed by atoms with van der Waals surface area (Å²) in [7, 11) is 0. The molecule has 2 aromatic rings. The molecule has 7 nitrogen and oxygen atoms in total. The molecule has 8 heteroatoms. The molecule has 1 aromatic heterocycles. The third kappa shape index (κ3) is 3.56. The molecule has 0 unspecified atom stereocenters. The normalized spacial score (nSPS) is 10.2. The molecule has 0 aliphatic carbocycles. The van der Waals surface area contributed by atoms with E-state index in [0.717, 1.165) is 12.1 Å². The van der Waals surface area contributed by atoms with E-state index >= 15 is 0 Å². The van der Waals surface area contributed by atoms with Crippen LogP contribution in [0.3, 0.4) is 0 Å². The zero-order valence-electron chi connectivity index (χ0n) is 11.0. The molecule has 1 aromatic carbocycles. The molecule has 0 aliphatic heterocycles.